The molecule has 0 aliphatic heterocycles. The van der Waals surface area contributed by atoms with E-state index in [1.807, 2.05) is 6.07 Å². The Bertz CT molecular complexity index is 304. The zero-order valence-electron chi connectivity index (χ0n) is 7.78. The predicted octanol–water partition coefficient (Wildman–Crippen LogP) is -2.02. The molecule has 0 spiro atoms. The van der Waals surface area contributed by atoms with Crippen molar-refractivity contribution < 1.29 is 39.5 Å². The maximum Gasteiger partial charge on any atom is 1.00 e. The van der Waals surface area contributed by atoms with E-state index in [0.717, 1.165) is 0 Å². The second-order valence-corrected chi connectivity index (χ2v) is 2.45. The molecule has 0 N–H and O–H groups in total. The first-order valence-corrected chi connectivity index (χ1v) is 3.64. The molecule has 13 heavy (non-hydrogen) atoms. The summed E-state index contributed by atoms with van der Waals surface area (Å²) in [6.07, 6.45) is 0.595. The van der Waals surface area contributed by atoms with E-state index in [9.17, 15) is 9.90 Å². The monoisotopic (exact) mass is 184 g/mol. The number of carbonyl (C=O) groups excluding carboxylic acids is 1. The van der Waals surface area contributed by atoms with Gasteiger partial charge in [0.15, 0.2) is 5.78 Å². The van der Waals surface area contributed by atoms with Gasteiger partial charge in [-0.05, 0) is 12.5 Å². The van der Waals surface area contributed by atoms with Crippen LogP contribution in [-0.4, -0.2) is 5.78 Å². The zero-order valence-corrected chi connectivity index (χ0v) is 9.78. The van der Waals surface area contributed by atoms with E-state index >= 15 is 0 Å². The van der Waals surface area contributed by atoms with Crippen LogP contribution in [0.1, 0.15) is 12.5 Å². The fourth-order valence-corrected chi connectivity index (χ4v) is 0.972. The van der Waals surface area contributed by atoms with Gasteiger partial charge in [0.1, 0.15) is 0 Å². The van der Waals surface area contributed by atoms with Crippen LogP contribution in [0.5, 0.6) is 0 Å². The van der Waals surface area contributed by atoms with Crippen LogP contribution in [0.2, 0.25) is 0 Å². The smallest absolute Gasteiger partial charge is 0.877 e. The van der Waals surface area contributed by atoms with Gasteiger partial charge in [-0.3, -0.25) is 4.79 Å². The number of carbonyl (C=O) groups is 1. The maximum absolute atomic E-state index is 10.9. The Kier molecular flexibility index (Phi) is 5.71. The fourth-order valence-electron chi connectivity index (χ4n) is 0.972. The summed E-state index contributed by atoms with van der Waals surface area (Å²) in [6.45, 7) is 1.39. The van der Waals surface area contributed by atoms with E-state index < -0.39 is 0 Å². The summed E-state index contributed by atoms with van der Waals surface area (Å²) in [5.41, 5.74) is 0.913. The number of Topliss-reactive ketones (excluding diaryl/α,β-unsaturated/α-hetero) is 1. The summed E-state index contributed by atoms with van der Waals surface area (Å²) in [4.78, 5) is 10.9. The average Bonchev–Trinajstić information content (AvgIpc) is 2.07. The topological polar surface area (TPSA) is 40.1 Å². The first-order valence-electron chi connectivity index (χ1n) is 3.64. The largest absolute Gasteiger partial charge is 1.00 e. The van der Waals surface area contributed by atoms with Crippen molar-refractivity contribution in [1.29, 1.82) is 0 Å². The van der Waals surface area contributed by atoms with Gasteiger partial charge < -0.3 is 5.11 Å². The molecule has 0 unspecified atom stereocenters. The van der Waals surface area contributed by atoms with Gasteiger partial charge >= 0.3 is 29.6 Å². The molecular formula is C10H9NaO2. The molecule has 0 radical (unpaired) electrons. The quantitative estimate of drug-likeness (QED) is 0.302. The summed E-state index contributed by atoms with van der Waals surface area (Å²) >= 11 is 0. The van der Waals surface area contributed by atoms with Crippen LogP contribution < -0.4 is 34.7 Å². The fraction of sp³-hybridized carbons (Fsp3) is 0.100. The minimum Gasteiger partial charge on any atom is -0.877 e. The van der Waals surface area contributed by atoms with Crippen molar-refractivity contribution in [2.75, 3.05) is 0 Å². The van der Waals surface area contributed by atoms with Gasteiger partial charge in [-0.1, -0.05) is 30.3 Å². The molecule has 0 amide bonds. The zero-order chi connectivity index (χ0) is 8.97. The second kappa shape index (κ2) is 5.97. The molecule has 0 heterocycles. The van der Waals surface area contributed by atoms with Crippen LogP contribution >= 0.6 is 0 Å². The van der Waals surface area contributed by atoms with Crippen LogP contribution in [0.25, 0.3) is 5.57 Å². The molecule has 1 rings (SSSR count). The molecule has 1 aromatic carbocycles. The van der Waals surface area contributed by atoms with Gasteiger partial charge in [-0.15, -0.1) is 6.26 Å². The summed E-state index contributed by atoms with van der Waals surface area (Å²) in [5, 5.41) is 10.5. The summed E-state index contributed by atoms with van der Waals surface area (Å²) in [7, 11) is 0. The Hall–Kier alpha value is -0.570. The molecule has 1 aromatic rings. The molecule has 0 saturated heterocycles. The molecule has 0 aliphatic carbocycles. The molecule has 2 nitrogen and oxygen atoms in total. The molecular weight excluding hydrogens is 175 g/mol. The Balaban J connectivity index is 0.00000144. The number of rotatable bonds is 2. The van der Waals surface area contributed by atoms with E-state index in [2.05, 4.69) is 0 Å². The third kappa shape index (κ3) is 3.35. The Morgan fingerprint density at radius 1 is 1.31 bits per heavy atom. The Morgan fingerprint density at radius 2 is 1.85 bits per heavy atom. The van der Waals surface area contributed by atoms with Crippen molar-refractivity contribution in [2.24, 2.45) is 0 Å². The molecule has 0 aliphatic rings. The van der Waals surface area contributed by atoms with E-state index in [-0.39, 0.29) is 40.9 Å². The number of ketones is 1. The van der Waals surface area contributed by atoms with Crippen molar-refractivity contribution in [3.05, 3.63) is 42.2 Å². The standard InChI is InChI=1S/C10H10O2.Na/c1-8(12)10(7-11)9-5-3-2-4-6-9;/h2-7,11H,1H3;/q;+1/p-1/b10-7+;. The predicted molar refractivity (Wildman–Crippen MR) is 45.1 cm³/mol. The van der Waals surface area contributed by atoms with E-state index in [1.165, 1.54) is 6.92 Å². The van der Waals surface area contributed by atoms with Crippen molar-refractivity contribution in [1.82, 2.24) is 0 Å². The molecule has 3 heteroatoms. The van der Waals surface area contributed by atoms with Crippen LogP contribution in [0, 0.1) is 0 Å². The molecule has 0 atom stereocenters. The van der Waals surface area contributed by atoms with Crippen LogP contribution in [-0.2, 0) is 4.79 Å². The minimum atomic E-state index is -0.198. The van der Waals surface area contributed by atoms with Gasteiger partial charge in [0, 0.05) is 5.57 Å². The van der Waals surface area contributed by atoms with E-state index in [1.54, 1.807) is 24.3 Å². The van der Waals surface area contributed by atoms with Gasteiger partial charge in [0.25, 0.3) is 0 Å². The maximum atomic E-state index is 10.9. The number of allylic oxidation sites excluding steroid dienone is 1. The van der Waals surface area contributed by atoms with Crippen molar-refractivity contribution in [3.8, 4) is 0 Å². The second-order valence-electron chi connectivity index (χ2n) is 2.45. The van der Waals surface area contributed by atoms with Crippen molar-refractivity contribution in [3.63, 3.8) is 0 Å². The first kappa shape index (κ1) is 12.4. The van der Waals surface area contributed by atoms with Gasteiger partial charge in [0.05, 0.1) is 0 Å². The SMILES string of the molecule is CC(=O)/C(=C\[O-])c1ccccc1.[Na+]. The van der Waals surface area contributed by atoms with E-state index in [0.29, 0.717) is 11.8 Å². The summed E-state index contributed by atoms with van der Waals surface area (Å²) in [5.74, 6) is -0.198. The summed E-state index contributed by atoms with van der Waals surface area (Å²) in [6, 6.07) is 8.91. The molecule has 0 aromatic heterocycles. The number of benzene rings is 1. The number of hydrogen-bond donors (Lipinski definition) is 0. The summed E-state index contributed by atoms with van der Waals surface area (Å²) < 4.78 is 0. The third-order valence-electron chi connectivity index (χ3n) is 1.58. The van der Waals surface area contributed by atoms with Crippen LogP contribution in [0.4, 0.5) is 0 Å². The Morgan fingerprint density at radius 3 is 2.23 bits per heavy atom. The molecule has 0 fully saturated rings. The number of hydrogen-bond acceptors (Lipinski definition) is 2. The normalized spacial score (nSPS) is 10.4. The van der Waals surface area contributed by atoms with Crippen LogP contribution in [0.15, 0.2) is 36.6 Å². The van der Waals surface area contributed by atoms with Crippen molar-refractivity contribution >= 4 is 11.4 Å². The third-order valence-corrected chi connectivity index (χ3v) is 1.58. The average molecular weight is 184 g/mol. The van der Waals surface area contributed by atoms with Crippen molar-refractivity contribution in [2.45, 2.75) is 6.92 Å². The van der Waals surface area contributed by atoms with E-state index in [4.69, 9.17) is 0 Å². The van der Waals surface area contributed by atoms with Gasteiger partial charge in [-0.2, -0.15) is 0 Å². The minimum absolute atomic E-state index is 0. The van der Waals surface area contributed by atoms with Gasteiger partial charge in [-0.25, -0.2) is 0 Å². The molecule has 0 bridgehead atoms. The Labute approximate surface area is 99.6 Å². The molecule has 62 valence electrons. The first-order chi connectivity index (χ1) is 5.75. The molecule has 0 saturated carbocycles. The van der Waals surface area contributed by atoms with Gasteiger partial charge in [0.2, 0.25) is 0 Å². The van der Waals surface area contributed by atoms with Crippen LogP contribution in [0.3, 0.4) is 0 Å².